The first kappa shape index (κ1) is 14.5. The highest BCUT2D eigenvalue weighted by molar-refractivity contribution is 5.37. The van der Waals surface area contributed by atoms with Crippen molar-refractivity contribution in [1.82, 2.24) is 4.90 Å². The van der Waals surface area contributed by atoms with Gasteiger partial charge in [0.05, 0.1) is 6.61 Å². The maximum absolute atomic E-state index is 9.32. The minimum absolute atomic E-state index is 0.264. The number of aliphatic hydroxyl groups excluding tert-OH is 1. The zero-order valence-corrected chi connectivity index (χ0v) is 12.6. The van der Waals surface area contributed by atoms with Crippen LogP contribution in [0.4, 0.5) is 0 Å². The van der Waals surface area contributed by atoms with E-state index < -0.39 is 0 Å². The Labute approximate surface area is 117 Å². The van der Waals surface area contributed by atoms with Gasteiger partial charge in [0.1, 0.15) is 0 Å². The van der Waals surface area contributed by atoms with Gasteiger partial charge in [0, 0.05) is 19.1 Å². The molecule has 0 saturated heterocycles. The van der Waals surface area contributed by atoms with Crippen molar-refractivity contribution in [3.63, 3.8) is 0 Å². The van der Waals surface area contributed by atoms with Gasteiger partial charge >= 0.3 is 0 Å². The van der Waals surface area contributed by atoms with E-state index in [1.807, 2.05) is 0 Å². The molecule has 1 aromatic carbocycles. The average molecular weight is 261 g/mol. The van der Waals surface area contributed by atoms with Crippen molar-refractivity contribution in [1.29, 1.82) is 0 Å². The molecule has 0 amide bonds. The van der Waals surface area contributed by atoms with E-state index in [9.17, 15) is 5.11 Å². The number of aryl methyl sites for hydroxylation is 3. The zero-order valence-electron chi connectivity index (χ0n) is 12.6. The third kappa shape index (κ3) is 3.58. The van der Waals surface area contributed by atoms with Crippen LogP contribution in [-0.4, -0.2) is 29.2 Å². The topological polar surface area (TPSA) is 23.5 Å². The van der Waals surface area contributed by atoms with Crippen LogP contribution >= 0.6 is 0 Å². The summed E-state index contributed by atoms with van der Waals surface area (Å²) < 4.78 is 0. The molecule has 0 atom stereocenters. The van der Waals surface area contributed by atoms with Crippen LogP contribution in [-0.2, 0) is 6.54 Å². The van der Waals surface area contributed by atoms with Crippen LogP contribution < -0.4 is 0 Å². The van der Waals surface area contributed by atoms with Gasteiger partial charge in [0.25, 0.3) is 0 Å². The average Bonchev–Trinajstić information content (AvgIpc) is 2.85. The minimum Gasteiger partial charge on any atom is -0.395 e. The lowest BCUT2D eigenvalue weighted by Crippen LogP contribution is -2.35. The summed E-state index contributed by atoms with van der Waals surface area (Å²) in [6, 6.07) is 5.22. The second-order valence-electron chi connectivity index (χ2n) is 6.01. The van der Waals surface area contributed by atoms with Crippen molar-refractivity contribution in [2.75, 3.05) is 13.2 Å². The van der Waals surface area contributed by atoms with E-state index in [4.69, 9.17) is 0 Å². The van der Waals surface area contributed by atoms with Gasteiger partial charge in [-0.3, -0.25) is 4.90 Å². The maximum Gasteiger partial charge on any atom is 0.0558 e. The fourth-order valence-electron chi connectivity index (χ4n) is 3.45. The predicted molar refractivity (Wildman–Crippen MR) is 80.4 cm³/mol. The highest BCUT2D eigenvalue weighted by atomic mass is 16.3. The van der Waals surface area contributed by atoms with E-state index in [0.717, 1.165) is 13.1 Å². The smallest absolute Gasteiger partial charge is 0.0558 e. The molecule has 1 aliphatic carbocycles. The van der Waals surface area contributed by atoms with Crippen molar-refractivity contribution < 1.29 is 5.11 Å². The molecule has 1 N–H and O–H groups in total. The van der Waals surface area contributed by atoms with Gasteiger partial charge in [-0.2, -0.15) is 0 Å². The zero-order chi connectivity index (χ0) is 13.8. The second-order valence-corrected chi connectivity index (χ2v) is 6.01. The molecule has 0 aliphatic heterocycles. The van der Waals surface area contributed by atoms with Gasteiger partial charge in [0.2, 0.25) is 0 Å². The normalized spacial score (nSPS) is 16.5. The molecule has 2 nitrogen and oxygen atoms in total. The molecule has 0 heterocycles. The summed E-state index contributed by atoms with van der Waals surface area (Å²) in [4.78, 5) is 2.48. The molecule has 2 heteroatoms. The monoisotopic (exact) mass is 261 g/mol. The van der Waals surface area contributed by atoms with E-state index in [-0.39, 0.29) is 6.61 Å². The van der Waals surface area contributed by atoms with Crippen LogP contribution in [0.15, 0.2) is 12.1 Å². The van der Waals surface area contributed by atoms with E-state index in [2.05, 4.69) is 37.8 Å². The Morgan fingerprint density at radius 3 is 2.21 bits per heavy atom. The third-order valence-corrected chi connectivity index (χ3v) is 4.43. The molecule has 0 radical (unpaired) electrons. The molecule has 1 saturated carbocycles. The highest BCUT2D eigenvalue weighted by Gasteiger charge is 2.23. The fourth-order valence-corrected chi connectivity index (χ4v) is 3.45. The van der Waals surface area contributed by atoms with Gasteiger partial charge in [-0.25, -0.2) is 0 Å². The quantitative estimate of drug-likeness (QED) is 0.878. The van der Waals surface area contributed by atoms with Crippen molar-refractivity contribution in [3.8, 4) is 0 Å². The Balaban J connectivity index is 2.16. The molecule has 0 spiro atoms. The number of hydrogen-bond donors (Lipinski definition) is 1. The van der Waals surface area contributed by atoms with Crippen LogP contribution in [0, 0.1) is 20.8 Å². The first-order valence-electron chi connectivity index (χ1n) is 7.53. The Hall–Kier alpha value is -0.860. The molecule has 106 valence electrons. The van der Waals surface area contributed by atoms with Crippen LogP contribution in [0.5, 0.6) is 0 Å². The molecular weight excluding hydrogens is 234 g/mol. The summed E-state index contributed by atoms with van der Waals surface area (Å²) in [5.74, 6) is 0. The van der Waals surface area contributed by atoms with Crippen molar-refractivity contribution in [2.24, 2.45) is 0 Å². The SMILES string of the molecule is Cc1cc(C)c(CN(CCO)C2CCCC2)c(C)c1. The van der Waals surface area contributed by atoms with Gasteiger partial charge in [0.15, 0.2) is 0 Å². The number of rotatable bonds is 5. The second kappa shape index (κ2) is 6.53. The summed E-state index contributed by atoms with van der Waals surface area (Å²) in [5, 5.41) is 9.32. The molecule has 1 aromatic rings. The summed E-state index contributed by atoms with van der Waals surface area (Å²) in [7, 11) is 0. The Morgan fingerprint density at radius 2 is 1.68 bits per heavy atom. The Kier molecular flexibility index (Phi) is 5.00. The van der Waals surface area contributed by atoms with Crippen LogP contribution in [0.2, 0.25) is 0 Å². The predicted octanol–water partition coefficient (Wildman–Crippen LogP) is 3.35. The number of benzene rings is 1. The lowest BCUT2D eigenvalue weighted by Gasteiger charge is -2.29. The van der Waals surface area contributed by atoms with Crippen LogP contribution in [0.3, 0.4) is 0 Å². The number of aliphatic hydroxyl groups is 1. The Bertz CT molecular complexity index is 398. The van der Waals surface area contributed by atoms with Crippen LogP contribution in [0.1, 0.15) is 47.9 Å². The molecule has 1 aliphatic rings. The summed E-state index contributed by atoms with van der Waals surface area (Å²) in [6.45, 7) is 8.63. The number of hydrogen-bond acceptors (Lipinski definition) is 2. The standard InChI is InChI=1S/C17H27NO/c1-13-10-14(2)17(15(3)11-13)12-18(8-9-19)16-6-4-5-7-16/h10-11,16,19H,4-9,12H2,1-3H3. The lowest BCUT2D eigenvalue weighted by atomic mass is 9.98. The molecular formula is C17H27NO. The number of nitrogens with zero attached hydrogens (tertiary/aromatic N) is 1. The third-order valence-electron chi connectivity index (χ3n) is 4.43. The summed E-state index contributed by atoms with van der Waals surface area (Å²) in [6.07, 6.45) is 5.28. The first-order valence-corrected chi connectivity index (χ1v) is 7.53. The Morgan fingerprint density at radius 1 is 1.11 bits per heavy atom. The maximum atomic E-state index is 9.32. The van der Waals surface area contributed by atoms with Crippen molar-refractivity contribution in [2.45, 2.75) is 59.0 Å². The lowest BCUT2D eigenvalue weighted by molar-refractivity contribution is 0.144. The molecule has 0 unspecified atom stereocenters. The van der Waals surface area contributed by atoms with E-state index in [0.29, 0.717) is 6.04 Å². The van der Waals surface area contributed by atoms with Gasteiger partial charge in [-0.15, -0.1) is 0 Å². The molecule has 0 aromatic heterocycles. The van der Waals surface area contributed by atoms with Crippen molar-refractivity contribution >= 4 is 0 Å². The van der Waals surface area contributed by atoms with E-state index in [1.54, 1.807) is 0 Å². The van der Waals surface area contributed by atoms with E-state index in [1.165, 1.54) is 47.9 Å². The summed E-state index contributed by atoms with van der Waals surface area (Å²) in [5.41, 5.74) is 5.57. The molecule has 2 rings (SSSR count). The highest BCUT2D eigenvalue weighted by Crippen LogP contribution is 2.26. The summed E-state index contributed by atoms with van der Waals surface area (Å²) >= 11 is 0. The van der Waals surface area contributed by atoms with Gasteiger partial charge in [-0.1, -0.05) is 30.5 Å². The fraction of sp³-hybridized carbons (Fsp3) is 0.647. The molecule has 1 fully saturated rings. The van der Waals surface area contributed by atoms with Gasteiger partial charge < -0.3 is 5.11 Å². The van der Waals surface area contributed by atoms with Gasteiger partial charge in [-0.05, 0) is 50.3 Å². The minimum atomic E-state index is 0.264. The molecule has 0 bridgehead atoms. The van der Waals surface area contributed by atoms with E-state index >= 15 is 0 Å². The van der Waals surface area contributed by atoms with Crippen LogP contribution in [0.25, 0.3) is 0 Å². The largest absolute Gasteiger partial charge is 0.395 e. The molecule has 19 heavy (non-hydrogen) atoms. The first-order chi connectivity index (χ1) is 9.11. The van der Waals surface area contributed by atoms with Crippen molar-refractivity contribution in [3.05, 3.63) is 34.4 Å².